The maximum Gasteiger partial charge on any atom is 0.259 e. The van der Waals surface area contributed by atoms with Crippen LogP contribution in [0.15, 0.2) is 29.6 Å². The third-order valence-electron chi connectivity index (χ3n) is 5.61. The molecule has 1 aromatic rings. The second kappa shape index (κ2) is 7.51. The van der Waals surface area contributed by atoms with Crippen LogP contribution in [0, 0.1) is 0 Å². The molecule has 4 rings (SSSR count). The van der Waals surface area contributed by atoms with Crippen LogP contribution in [0.1, 0.15) is 18.9 Å². The SMILES string of the molecule is CC(NC(=O)C1=CN(c2ccnc3c2C=C[N+]3(C)C)CCS1)[C@H]1C[C@H](O)CN1. The Kier molecular flexibility index (Phi) is 5.22. The van der Waals surface area contributed by atoms with Crippen LogP contribution in [-0.4, -0.2) is 67.1 Å². The Labute approximate surface area is 170 Å². The van der Waals surface area contributed by atoms with E-state index in [9.17, 15) is 9.90 Å². The molecule has 8 heteroatoms. The average molecular weight is 403 g/mol. The van der Waals surface area contributed by atoms with Gasteiger partial charge in [-0.2, -0.15) is 0 Å². The number of hydrogen-bond donors (Lipinski definition) is 3. The molecule has 3 atom stereocenters. The van der Waals surface area contributed by atoms with Gasteiger partial charge in [0.25, 0.3) is 5.91 Å². The van der Waals surface area contributed by atoms with E-state index in [0.717, 1.165) is 34.3 Å². The molecule has 1 saturated heterocycles. The number of quaternary nitrogens is 1. The van der Waals surface area contributed by atoms with Crippen LogP contribution in [-0.2, 0) is 4.79 Å². The minimum atomic E-state index is -0.326. The van der Waals surface area contributed by atoms with Gasteiger partial charge in [-0.3, -0.25) is 9.28 Å². The minimum absolute atomic E-state index is 0.0345. The summed E-state index contributed by atoms with van der Waals surface area (Å²) in [5, 5.41) is 16.1. The Morgan fingerprint density at radius 2 is 2.32 bits per heavy atom. The van der Waals surface area contributed by atoms with Crippen LogP contribution in [0.25, 0.3) is 6.08 Å². The van der Waals surface area contributed by atoms with Gasteiger partial charge < -0.3 is 20.6 Å². The number of rotatable bonds is 4. The van der Waals surface area contributed by atoms with Gasteiger partial charge in [0.1, 0.15) is 6.20 Å². The summed E-state index contributed by atoms with van der Waals surface area (Å²) in [6.07, 6.45) is 8.38. The summed E-state index contributed by atoms with van der Waals surface area (Å²) in [5.74, 6) is 1.82. The van der Waals surface area contributed by atoms with E-state index < -0.39 is 0 Å². The number of thioether (sulfide) groups is 1. The minimum Gasteiger partial charge on any atom is -0.392 e. The number of β-amino-alcohol motifs (C(OH)–C–C–N with tert-alkyl or cyclic N) is 1. The Balaban J connectivity index is 1.51. The first-order chi connectivity index (χ1) is 13.3. The van der Waals surface area contributed by atoms with Gasteiger partial charge in [0.05, 0.1) is 36.4 Å². The first kappa shape index (κ1) is 19.4. The molecule has 1 fully saturated rings. The van der Waals surface area contributed by atoms with E-state index in [1.807, 2.05) is 25.4 Å². The number of amides is 1. The molecule has 0 spiro atoms. The number of pyridine rings is 1. The number of nitrogens with one attached hydrogen (secondary N) is 2. The fourth-order valence-electron chi connectivity index (χ4n) is 3.97. The lowest BCUT2D eigenvalue weighted by Crippen LogP contribution is -2.46. The van der Waals surface area contributed by atoms with E-state index in [4.69, 9.17) is 0 Å². The number of carbonyl (C=O) groups excluding carboxylic acids is 1. The van der Waals surface area contributed by atoms with Gasteiger partial charge in [0, 0.05) is 49.4 Å². The topological polar surface area (TPSA) is 77.5 Å². The lowest BCUT2D eigenvalue weighted by Gasteiger charge is -2.29. The molecule has 0 aliphatic carbocycles. The summed E-state index contributed by atoms with van der Waals surface area (Å²) < 4.78 is 0.626. The quantitative estimate of drug-likeness (QED) is 0.658. The lowest BCUT2D eigenvalue weighted by molar-refractivity contribution is -0.117. The van der Waals surface area contributed by atoms with E-state index in [2.05, 4.69) is 46.9 Å². The molecule has 150 valence electrons. The van der Waals surface area contributed by atoms with Crippen LogP contribution in [0.2, 0.25) is 0 Å². The third kappa shape index (κ3) is 3.69. The van der Waals surface area contributed by atoms with Crippen molar-refractivity contribution in [2.75, 3.05) is 37.8 Å². The predicted molar refractivity (Wildman–Crippen MR) is 115 cm³/mol. The summed E-state index contributed by atoms with van der Waals surface area (Å²) in [6, 6.07) is 2.09. The van der Waals surface area contributed by atoms with E-state index >= 15 is 0 Å². The second-order valence-corrected chi connectivity index (χ2v) is 9.26. The van der Waals surface area contributed by atoms with E-state index in [0.29, 0.717) is 17.4 Å². The number of hydrogen-bond acceptors (Lipinski definition) is 6. The Morgan fingerprint density at radius 1 is 1.50 bits per heavy atom. The highest BCUT2D eigenvalue weighted by Gasteiger charge is 2.32. The highest BCUT2D eigenvalue weighted by atomic mass is 32.2. The molecule has 3 aliphatic heterocycles. The van der Waals surface area contributed by atoms with Crippen molar-refractivity contribution in [3.05, 3.63) is 35.1 Å². The molecular formula is C20H28N5O2S+. The Morgan fingerprint density at radius 3 is 3.07 bits per heavy atom. The normalized spacial score (nSPS) is 26.7. The van der Waals surface area contributed by atoms with Gasteiger partial charge in [-0.25, -0.2) is 4.98 Å². The van der Waals surface area contributed by atoms with Crippen molar-refractivity contribution in [3.8, 4) is 0 Å². The summed E-state index contributed by atoms with van der Waals surface area (Å²) >= 11 is 1.59. The zero-order chi connectivity index (χ0) is 19.9. The maximum absolute atomic E-state index is 12.8. The van der Waals surface area contributed by atoms with Crippen LogP contribution >= 0.6 is 11.8 Å². The van der Waals surface area contributed by atoms with E-state index in [1.54, 1.807) is 11.8 Å². The first-order valence-corrected chi connectivity index (χ1v) is 10.7. The summed E-state index contributed by atoms with van der Waals surface area (Å²) in [4.78, 5) is 20.3. The molecule has 1 amide bonds. The van der Waals surface area contributed by atoms with Crippen LogP contribution in [0.3, 0.4) is 0 Å². The highest BCUT2D eigenvalue weighted by molar-refractivity contribution is 8.04. The van der Waals surface area contributed by atoms with Crippen molar-refractivity contribution < 1.29 is 9.90 Å². The fourth-order valence-corrected chi connectivity index (χ4v) is 4.87. The highest BCUT2D eigenvalue weighted by Crippen LogP contribution is 2.38. The van der Waals surface area contributed by atoms with Gasteiger partial charge in [0.15, 0.2) is 0 Å². The van der Waals surface area contributed by atoms with Gasteiger partial charge in [-0.15, -0.1) is 11.8 Å². The van der Waals surface area contributed by atoms with Crippen molar-refractivity contribution in [2.24, 2.45) is 0 Å². The number of anilines is 1. The van der Waals surface area contributed by atoms with Gasteiger partial charge in [0.2, 0.25) is 5.82 Å². The molecule has 3 N–H and O–H groups in total. The molecular weight excluding hydrogens is 374 g/mol. The largest absolute Gasteiger partial charge is 0.392 e. The van der Waals surface area contributed by atoms with Gasteiger partial charge in [-0.1, -0.05) is 0 Å². The standard InChI is InChI=1S/C20H27N5O2S/c1-13(16-10-14(26)11-22-16)23-20(27)18-12-24(7-9-28-18)17-4-6-21-19-15(17)5-8-25(19,2)3/h4-6,8,12-14,16,22,26H,7,9-11H2,1-3H3/p+1/t13?,14-,16+/m0/s1. The van der Waals surface area contributed by atoms with Crippen molar-refractivity contribution in [1.82, 2.24) is 20.1 Å². The predicted octanol–water partition coefficient (Wildman–Crippen LogP) is 1.25. The van der Waals surface area contributed by atoms with Crippen molar-refractivity contribution in [1.29, 1.82) is 0 Å². The molecule has 1 aromatic heterocycles. The zero-order valence-electron chi connectivity index (χ0n) is 16.6. The molecule has 0 saturated carbocycles. The molecule has 3 aliphatic rings. The van der Waals surface area contributed by atoms with Crippen molar-refractivity contribution >= 4 is 35.3 Å². The number of aliphatic hydroxyl groups excluding tert-OH is 1. The number of nitrogens with zero attached hydrogens (tertiary/aromatic N) is 3. The van der Waals surface area contributed by atoms with E-state index in [1.165, 1.54) is 0 Å². The van der Waals surface area contributed by atoms with Crippen LogP contribution in [0.4, 0.5) is 11.5 Å². The smallest absolute Gasteiger partial charge is 0.259 e. The molecule has 0 aromatic carbocycles. The second-order valence-electron chi connectivity index (χ2n) is 8.12. The van der Waals surface area contributed by atoms with Crippen LogP contribution < -0.4 is 20.0 Å². The van der Waals surface area contributed by atoms with Crippen molar-refractivity contribution in [2.45, 2.75) is 31.5 Å². The fraction of sp³-hybridized carbons (Fsp3) is 0.500. The summed E-state index contributed by atoms with van der Waals surface area (Å²) in [5.41, 5.74) is 2.21. The molecule has 28 heavy (non-hydrogen) atoms. The summed E-state index contributed by atoms with van der Waals surface area (Å²) in [6.45, 7) is 3.43. The van der Waals surface area contributed by atoms with E-state index in [-0.39, 0.29) is 24.1 Å². The number of carbonyl (C=O) groups is 1. The Hall–Kier alpha value is -1.87. The molecule has 7 nitrogen and oxygen atoms in total. The number of aliphatic hydroxyl groups is 1. The monoisotopic (exact) mass is 402 g/mol. The molecule has 0 bridgehead atoms. The molecule has 1 unspecified atom stereocenters. The number of aromatic nitrogens is 1. The summed E-state index contributed by atoms with van der Waals surface area (Å²) in [7, 11) is 4.21. The molecule has 0 radical (unpaired) electrons. The molecule has 4 heterocycles. The van der Waals surface area contributed by atoms with Gasteiger partial charge in [-0.05, 0) is 19.4 Å². The Bertz CT molecular complexity index is 838. The zero-order valence-corrected chi connectivity index (χ0v) is 17.4. The van der Waals surface area contributed by atoms with Crippen molar-refractivity contribution in [3.63, 3.8) is 0 Å². The lowest BCUT2D eigenvalue weighted by atomic mass is 10.1. The third-order valence-corrected chi connectivity index (χ3v) is 6.59. The number of fused-ring (bicyclic) bond motifs is 1. The van der Waals surface area contributed by atoms with Gasteiger partial charge >= 0.3 is 0 Å². The first-order valence-electron chi connectivity index (χ1n) is 9.71. The van der Waals surface area contributed by atoms with Crippen LogP contribution in [0.5, 0.6) is 0 Å². The maximum atomic E-state index is 12.8. The average Bonchev–Trinajstić information content (AvgIpc) is 3.25.